The molecule has 0 unspecified atom stereocenters. The molecule has 1 N–H and O–H groups in total. The summed E-state index contributed by atoms with van der Waals surface area (Å²) >= 11 is 1.33. The summed E-state index contributed by atoms with van der Waals surface area (Å²) in [4.78, 5) is 12.6. The zero-order valence-corrected chi connectivity index (χ0v) is 18.0. The van der Waals surface area contributed by atoms with Crippen LogP contribution in [0.2, 0.25) is 0 Å². The SMILES string of the molecule is Cc1cccc(-n2nnnc2SCC(=O)N[C@H](C)c2cccc3ccccc23)c1C. The molecular formula is C23H23N5OS. The van der Waals surface area contributed by atoms with Crippen molar-refractivity contribution in [2.24, 2.45) is 0 Å². The van der Waals surface area contributed by atoms with Gasteiger partial charge in [-0.15, -0.1) is 5.10 Å². The van der Waals surface area contributed by atoms with Gasteiger partial charge in [-0.05, 0) is 64.7 Å². The number of carbonyl (C=O) groups is 1. The molecule has 1 aromatic heterocycles. The van der Waals surface area contributed by atoms with Crippen LogP contribution < -0.4 is 5.32 Å². The molecule has 0 saturated carbocycles. The third-order valence-corrected chi connectivity index (χ3v) is 6.16. The molecule has 7 heteroatoms. The first-order chi connectivity index (χ1) is 14.5. The second-order valence-corrected chi connectivity index (χ2v) is 8.18. The van der Waals surface area contributed by atoms with Gasteiger partial charge in [0.25, 0.3) is 0 Å². The number of hydrogen-bond donors (Lipinski definition) is 1. The maximum atomic E-state index is 12.6. The van der Waals surface area contributed by atoms with Gasteiger partial charge < -0.3 is 5.32 Å². The summed E-state index contributed by atoms with van der Waals surface area (Å²) in [5, 5.41) is 18.0. The van der Waals surface area contributed by atoms with Crippen molar-refractivity contribution in [3.05, 3.63) is 77.4 Å². The number of nitrogens with zero attached hydrogens (tertiary/aromatic N) is 4. The molecule has 0 aliphatic carbocycles. The molecule has 1 heterocycles. The lowest BCUT2D eigenvalue weighted by Crippen LogP contribution is -2.28. The molecule has 0 aliphatic rings. The van der Waals surface area contributed by atoms with Gasteiger partial charge in [0.2, 0.25) is 11.1 Å². The molecule has 0 spiro atoms. The summed E-state index contributed by atoms with van der Waals surface area (Å²) in [5.41, 5.74) is 4.31. The van der Waals surface area contributed by atoms with E-state index in [-0.39, 0.29) is 17.7 Å². The van der Waals surface area contributed by atoms with Crippen LogP contribution >= 0.6 is 11.8 Å². The topological polar surface area (TPSA) is 72.7 Å². The van der Waals surface area contributed by atoms with E-state index in [0.717, 1.165) is 27.6 Å². The van der Waals surface area contributed by atoms with Gasteiger partial charge >= 0.3 is 0 Å². The van der Waals surface area contributed by atoms with Gasteiger partial charge in [0, 0.05) is 0 Å². The highest BCUT2D eigenvalue weighted by Crippen LogP contribution is 2.25. The molecule has 152 valence electrons. The molecule has 0 saturated heterocycles. The lowest BCUT2D eigenvalue weighted by Gasteiger charge is -2.16. The fourth-order valence-electron chi connectivity index (χ4n) is 3.50. The molecule has 0 fully saturated rings. The number of hydrogen-bond acceptors (Lipinski definition) is 5. The second-order valence-electron chi connectivity index (χ2n) is 7.24. The van der Waals surface area contributed by atoms with Crippen molar-refractivity contribution in [2.45, 2.75) is 32.0 Å². The molecule has 4 aromatic rings. The van der Waals surface area contributed by atoms with Crippen molar-refractivity contribution in [1.29, 1.82) is 0 Å². The van der Waals surface area contributed by atoms with E-state index in [1.165, 1.54) is 17.3 Å². The summed E-state index contributed by atoms with van der Waals surface area (Å²) < 4.78 is 1.69. The van der Waals surface area contributed by atoms with Gasteiger partial charge in [0.15, 0.2) is 0 Å². The summed E-state index contributed by atoms with van der Waals surface area (Å²) in [6.45, 7) is 6.10. The minimum atomic E-state index is -0.0980. The van der Waals surface area contributed by atoms with Crippen LogP contribution in [0.1, 0.15) is 29.7 Å². The van der Waals surface area contributed by atoms with Crippen LogP contribution in [-0.2, 0) is 4.79 Å². The van der Waals surface area contributed by atoms with Gasteiger partial charge in [-0.2, -0.15) is 4.68 Å². The fraction of sp³-hybridized carbons (Fsp3) is 0.217. The Morgan fingerprint density at radius 1 is 1.07 bits per heavy atom. The van der Waals surface area contributed by atoms with Crippen LogP contribution in [-0.4, -0.2) is 31.9 Å². The zero-order chi connectivity index (χ0) is 21.1. The standard InChI is InChI=1S/C23H23N5OS/c1-15-8-6-13-21(16(15)2)28-23(25-26-27-28)30-14-22(29)24-17(3)19-12-7-10-18-9-4-5-11-20(18)19/h4-13,17H,14H2,1-3H3,(H,24,29)/t17-/m1/s1. The Balaban J connectivity index is 1.45. The highest BCUT2D eigenvalue weighted by Gasteiger charge is 2.16. The van der Waals surface area contributed by atoms with Gasteiger partial charge in [0.05, 0.1) is 17.5 Å². The van der Waals surface area contributed by atoms with E-state index < -0.39 is 0 Å². The van der Waals surface area contributed by atoms with Crippen LogP contribution in [0.3, 0.4) is 0 Å². The van der Waals surface area contributed by atoms with E-state index in [2.05, 4.69) is 58.1 Å². The number of amides is 1. The third-order valence-electron chi connectivity index (χ3n) is 5.24. The zero-order valence-electron chi connectivity index (χ0n) is 17.2. The van der Waals surface area contributed by atoms with E-state index in [9.17, 15) is 4.79 Å². The van der Waals surface area contributed by atoms with E-state index in [0.29, 0.717) is 5.16 Å². The number of fused-ring (bicyclic) bond motifs is 1. The molecule has 1 amide bonds. The van der Waals surface area contributed by atoms with E-state index in [1.807, 2.05) is 44.2 Å². The monoisotopic (exact) mass is 417 g/mol. The van der Waals surface area contributed by atoms with Crippen molar-refractivity contribution in [1.82, 2.24) is 25.5 Å². The Bertz CT molecular complexity index is 1200. The molecule has 6 nitrogen and oxygen atoms in total. The molecule has 1 atom stereocenters. The van der Waals surface area contributed by atoms with Crippen LogP contribution in [0.15, 0.2) is 65.8 Å². The van der Waals surface area contributed by atoms with Crippen molar-refractivity contribution in [3.8, 4) is 5.69 Å². The van der Waals surface area contributed by atoms with Crippen LogP contribution in [0.5, 0.6) is 0 Å². The van der Waals surface area contributed by atoms with Gasteiger partial charge in [-0.1, -0.05) is 66.4 Å². The summed E-state index contributed by atoms with van der Waals surface area (Å²) in [6, 6.07) is 20.3. The molecule has 3 aromatic carbocycles. The van der Waals surface area contributed by atoms with Crippen molar-refractivity contribution in [2.75, 3.05) is 5.75 Å². The second kappa shape index (κ2) is 8.67. The first kappa shape index (κ1) is 20.1. The lowest BCUT2D eigenvalue weighted by atomic mass is 10.00. The number of nitrogens with one attached hydrogen (secondary N) is 1. The summed E-state index contributed by atoms with van der Waals surface area (Å²) in [5.74, 6) is 0.177. The van der Waals surface area contributed by atoms with E-state index >= 15 is 0 Å². The van der Waals surface area contributed by atoms with Gasteiger partial charge in [-0.3, -0.25) is 4.79 Å². The average Bonchev–Trinajstić information content (AvgIpc) is 3.22. The smallest absolute Gasteiger partial charge is 0.230 e. The summed E-state index contributed by atoms with van der Waals surface area (Å²) in [6.07, 6.45) is 0. The average molecular weight is 418 g/mol. The Kier molecular flexibility index (Phi) is 5.81. The van der Waals surface area contributed by atoms with Gasteiger partial charge in [0.1, 0.15) is 0 Å². The predicted octanol–water partition coefficient (Wildman–Crippen LogP) is 4.40. The molecule has 0 bridgehead atoms. The Labute approximate surface area is 179 Å². The molecular weight excluding hydrogens is 394 g/mol. The maximum Gasteiger partial charge on any atom is 0.230 e. The van der Waals surface area contributed by atoms with Crippen LogP contribution in [0, 0.1) is 13.8 Å². The number of rotatable bonds is 6. The van der Waals surface area contributed by atoms with Crippen molar-refractivity contribution in [3.63, 3.8) is 0 Å². The molecule has 4 rings (SSSR count). The van der Waals surface area contributed by atoms with Crippen molar-refractivity contribution >= 4 is 28.4 Å². The molecule has 0 aliphatic heterocycles. The van der Waals surface area contributed by atoms with Crippen molar-refractivity contribution < 1.29 is 4.79 Å². The van der Waals surface area contributed by atoms with Crippen LogP contribution in [0.4, 0.5) is 0 Å². The minimum Gasteiger partial charge on any atom is -0.349 e. The Hall–Kier alpha value is -3.19. The fourth-order valence-corrected chi connectivity index (χ4v) is 4.20. The van der Waals surface area contributed by atoms with E-state index in [4.69, 9.17) is 0 Å². The minimum absolute atomic E-state index is 0.0593. The predicted molar refractivity (Wildman–Crippen MR) is 120 cm³/mol. The largest absolute Gasteiger partial charge is 0.349 e. The normalized spacial score (nSPS) is 12.1. The van der Waals surface area contributed by atoms with Crippen LogP contribution in [0.25, 0.3) is 16.5 Å². The number of tetrazole rings is 1. The van der Waals surface area contributed by atoms with Gasteiger partial charge in [-0.25, -0.2) is 0 Å². The number of thioether (sulfide) groups is 1. The quantitative estimate of drug-likeness (QED) is 0.471. The third kappa shape index (κ3) is 4.07. The summed E-state index contributed by atoms with van der Waals surface area (Å²) in [7, 11) is 0. The highest BCUT2D eigenvalue weighted by atomic mass is 32.2. The Morgan fingerprint density at radius 2 is 1.83 bits per heavy atom. The number of carbonyl (C=O) groups excluding carboxylic acids is 1. The maximum absolute atomic E-state index is 12.6. The highest BCUT2D eigenvalue weighted by molar-refractivity contribution is 7.99. The first-order valence-electron chi connectivity index (χ1n) is 9.79. The first-order valence-corrected chi connectivity index (χ1v) is 10.8. The Morgan fingerprint density at radius 3 is 2.70 bits per heavy atom. The number of benzene rings is 3. The lowest BCUT2D eigenvalue weighted by molar-refractivity contribution is -0.119. The van der Waals surface area contributed by atoms with E-state index in [1.54, 1.807) is 4.68 Å². The number of aryl methyl sites for hydroxylation is 1. The number of aromatic nitrogens is 4. The molecule has 0 radical (unpaired) electrons. The molecule has 30 heavy (non-hydrogen) atoms.